The van der Waals surface area contributed by atoms with Gasteiger partial charge in [0.15, 0.2) is 17.6 Å². The van der Waals surface area contributed by atoms with Crippen molar-refractivity contribution < 1.29 is 63.3 Å². The predicted octanol–water partition coefficient (Wildman–Crippen LogP) is -0.0649. The molecule has 0 aliphatic carbocycles. The zero-order chi connectivity index (χ0) is 35.1. The van der Waals surface area contributed by atoms with Crippen molar-refractivity contribution in [2.45, 2.75) is 88.5 Å². The Bertz CT molecular complexity index is 1450. The number of fused-ring (bicyclic) bond motifs is 1. The zero-order valence-electron chi connectivity index (χ0n) is 27.1. The number of benzene rings is 2. The van der Waals surface area contributed by atoms with E-state index < -0.39 is 72.6 Å². The number of nitrogens with zero attached hydrogens (tertiary/aromatic N) is 1. The largest absolute Gasteiger partial charge is 0.493 e. The number of nitrogens with one attached hydrogen (secondary N) is 1. The smallest absolute Gasteiger partial charge is 0.335 e. The third-order valence-electron chi connectivity index (χ3n) is 8.39. The Morgan fingerprint density at radius 3 is 2.23 bits per heavy atom. The van der Waals surface area contributed by atoms with Crippen LogP contribution < -0.4 is 14.8 Å². The molecule has 2 aromatic rings. The molecular formula is C33H42N2O13. The number of rotatable bonds is 13. The summed E-state index contributed by atoms with van der Waals surface area (Å²) in [4.78, 5) is 53.6. The molecule has 2 aliphatic rings. The number of hydrogen-bond donors (Lipinski definition) is 5. The predicted molar refractivity (Wildman–Crippen MR) is 166 cm³/mol. The molecule has 4 rings (SSSR count). The standard InChI is InChI=1S/C33H42N2O13/c1-5-46-31(42)21(12-11-18-9-7-6-8-10-18)34-17(2)29(39)35-16-20-15-24(45-4)23(44-3)14-19(20)13-22(35)32(43)48-33-27(38)25(36)26(37)28(47-33)30(40)41/h6-10,14-15,17,21-22,25-28,33-34,36-38H,5,11-13,16H2,1-4H3,(H,40,41)/t17-,21-,22-,25+,26+,27?,28?,33+/m0/s1. The minimum atomic E-state index is -2.00. The molecule has 8 atom stereocenters. The normalized spacial score (nSPS) is 24.9. The van der Waals surface area contributed by atoms with Gasteiger partial charge in [-0.2, -0.15) is 0 Å². The first-order valence-electron chi connectivity index (χ1n) is 15.5. The highest BCUT2D eigenvalue weighted by Crippen LogP contribution is 2.35. The molecule has 15 heteroatoms. The van der Waals surface area contributed by atoms with Gasteiger partial charge in [-0.05, 0) is 55.5 Å². The van der Waals surface area contributed by atoms with Crippen LogP contribution in [0.25, 0.3) is 0 Å². The van der Waals surface area contributed by atoms with Gasteiger partial charge in [-0.1, -0.05) is 30.3 Å². The second kappa shape index (κ2) is 16.2. The van der Waals surface area contributed by atoms with Gasteiger partial charge in [-0.15, -0.1) is 0 Å². The first-order chi connectivity index (χ1) is 22.9. The Hall–Kier alpha value is -4.28. The van der Waals surface area contributed by atoms with Crippen molar-refractivity contribution in [3.8, 4) is 11.5 Å². The van der Waals surface area contributed by atoms with Gasteiger partial charge in [0, 0.05) is 13.0 Å². The number of ether oxygens (including phenoxy) is 5. The van der Waals surface area contributed by atoms with Gasteiger partial charge in [0.2, 0.25) is 12.2 Å². The number of aryl methyl sites for hydroxylation is 1. The van der Waals surface area contributed by atoms with Crippen LogP contribution in [0, 0.1) is 0 Å². The van der Waals surface area contributed by atoms with Crippen LogP contribution >= 0.6 is 0 Å². The van der Waals surface area contributed by atoms with Gasteiger partial charge in [0.05, 0.1) is 26.9 Å². The van der Waals surface area contributed by atoms with E-state index in [9.17, 15) is 39.6 Å². The number of aliphatic hydroxyl groups excluding tert-OH is 3. The molecule has 1 saturated heterocycles. The quantitative estimate of drug-likeness (QED) is 0.176. The molecule has 15 nitrogen and oxygen atoms in total. The van der Waals surface area contributed by atoms with Crippen LogP contribution in [-0.2, 0) is 52.8 Å². The van der Waals surface area contributed by atoms with Gasteiger partial charge in [0.25, 0.3) is 0 Å². The monoisotopic (exact) mass is 674 g/mol. The van der Waals surface area contributed by atoms with Crippen LogP contribution in [0.4, 0.5) is 0 Å². The van der Waals surface area contributed by atoms with Crippen molar-refractivity contribution in [2.75, 3.05) is 20.8 Å². The second-order valence-corrected chi connectivity index (χ2v) is 11.6. The number of carboxylic acids is 1. The van der Waals surface area contributed by atoms with Crippen LogP contribution in [-0.4, -0.2) is 119 Å². The number of aliphatic hydroxyl groups is 3. The summed E-state index contributed by atoms with van der Waals surface area (Å²) in [6.07, 6.45) is -9.19. The van der Waals surface area contributed by atoms with Gasteiger partial charge in [-0.3, -0.25) is 14.9 Å². The van der Waals surface area contributed by atoms with Crippen LogP contribution in [0.3, 0.4) is 0 Å². The average Bonchev–Trinajstić information content (AvgIpc) is 3.08. The molecule has 48 heavy (non-hydrogen) atoms. The summed E-state index contributed by atoms with van der Waals surface area (Å²) in [5.74, 6) is -3.06. The van der Waals surface area contributed by atoms with E-state index >= 15 is 0 Å². The van der Waals surface area contributed by atoms with Gasteiger partial charge in [0.1, 0.15) is 30.4 Å². The number of hydrogen-bond acceptors (Lipinski definition) is 13. The van der Waals surface area contributed by atoms with E-state index in [1.807, 2.05) is 30.3 Å². The maximum absolute atomic E-state index is 14.1. The van der Waals surface area contributed by atoms with Crippen LogP contribution in [0.2, 0.25) is 0 Å². The lowest BCUT2D eigenvalue weighted by Crippen LogP contribution is -2.62. The molecule has 1 fully saturated rings. The summed E-state index contributed by atoms with van der Waals surface area (Å²) < 4.78 is 26.6. The maximum Gasteiger partial charge on any atom is 0.335 e. The van der Waals surface area contributed by atoms with Crippen molar-refractivity contribution in [3.63, 3.8) is 0 Å². The van der Waals surface area contributed by atoms with Gasteiger partial charge < -0.3 is 49.0 Å². The summed E-state index contributed by atoms with van der Waals surface area (Å²) >= 11 is 0. The molecule has 0 spiro atoms. The summed E-state index contributed by atoms with van der Waals surface area (Å²) in [7, 11) is 2.90. The molecule has 1 amide bonds. The van der Waals surface area contributed by atoms with Gasteiger partial charge in [-0.25, -0.2) is 9.59 Å². The summed E-state index contributed by atoms with van der Waals surface area (Å²) in [5.41, 5.74) is 2.25. The molecule has 2 heterocycles. The Morgan fingerprint density at radius 1 is 0.979 bits per heavy atom. The fourth-order valence-corrected chi connectivity index (χ4v) is 5.79. The van der Waals surface area contributed by atoms with E-state index in [1.54, 1.807) is 26.0 Å². The van der Waals surface area contributed by atoms with E-state index in [-0.39, 0.29) is 19.6 Å². The fraction of sp³-hybridized carbons (Fsp3) is 0.515. The molecule has 2 aliphatic heterocycles. The number of carbonyl (C=O) groups excluding carboxylic acids is 3. The molecular weight excluding hydrogens is 632 g/mol. The highest BCUT2D eigenvalue weighted by atomic mass is 16.7. The van der Waals surface area contributed by atoms with Crippen LogP contribution in [0.5, 0.6) is 11.5 Å². The van der Waals surface area contributed by atoms with Crippen molar-refractivity contribution in [1.29, 1.82) is 0 Å². The molecule has 0 bridgehead atoms. The van der Waals surface area contributed by atoms with Crippen molar-refractivity contribution in [1.82, 2.24) is 10.2 Å². The molecule has 262 valence electrons. The fourth-order valence-electron chi connectivity index (χ4n) is 5.79. The third-order valence-corrected chi connectivity index (χ3v) is 8.39. The van der Waals surface area contributed by atoms with E-state index in [0.29, 0.717) is 35.5 Å². The maximum atomic E-state index is 14.1. The van der Waals surface area contributed by atoms with Crippen molar-refractivity contribution >= 4 is 23.8 Å². The minimum absolute atomic E-state index is 0.0847. The first-order valence-corrected chi connectivity index (χ1v) is 15.5. The number of aliphatic carboxylic acids is 1. The van der Waals surface area contributed by atoms with Crippen LogP contribution in [0.1, 0.15) is 37.0 Å². The topological polar surface area (TPSA) is 211 Å². The highest BCUT2D eigenvalue weighted by Gasteiger charge is 2.50. The second-order valence-electron chi connectivity index (χ2n) is 11.6. The van der Waals surface area contributed by atoms with Crippen molar-refractivity contribution in [3.05, 3.63) is 59.2 Å². The molecule has 0 radical (unpaired) electrons. The summed E-state index contributed by atoms with van der Waals surface area (Å²) in [6, 6.07) is 9.65. The lowest BCUT2D eigenvalue weighted by Gasteiger charge is -2.41. The molecule has 0 saturated carbocycles. The number of carboxylic acid groups (broad SMARTS) is 1. The van der Waals surface area contributed by atoms with E-state index in [0.717, 1.165) is 5.56 Å². The zero-order valence-corrected chi connectivity index (χ0v) is 27.1. The molecule has 0 aromatic heterocycles. The van der Waals surface area contributed by atoms with Crippen molar-refractivity contribution in [2.24, 2.45) is 0 Å². The SMILES string of the molecule is CCOC(=O)[C@H](CCc1ccccc1)N[C@@H](C)C(=O)N1Cc2cc(OC)c(OC)cc2C[C@H]1C(=O)O[C@H]1OC(C(=O)O)[C@H](O)[C@@H](O)C1O. The lowest BCUT2D eigenvalue weighted by molar-refractivity contribution is -0.287. The number of carbonyl (C=O) groups is 4. The summed E-state index contributed by atoms with van der Waals surface area (Å²) in [6.45, 7) is 3.27. The molecule has 2 unspecified atom stereocenters. The summed E-state index contributed by atoms with van der Waals surface area (Å²) in [5, 5.41) is 43.2. The third kappa shape index (κ3) is 8.22. The minimum Gasteiger partial charge on any atom is -0.493 e. The van der Waals surface area contributed by atoms with E-state index in [1.165, 1.54) is 19.1 Å². The number of amides is 1. The van der Waals surface area contributed by atoms with Crippen LogP contribution in [0.15, 0.2) is 42.5 Å². The first kappa shape index (κ1) is 36.6. The van der Waals surface area contributed by atoms with E-state index in [2.05, 4.69) is 5.32 Å². The molecule has 2 aromatic carbocycles. The Labute approximate surface area is 277 Å². The van der Waals surface area contributed by atoms with Gasteiger partial charge >= 0.3 is 17.9 Å². The Kier molecular flexibility index (Phi) is 12.3. The highest BCUT2D eigenvalue weighted by molar-refractivity contribution is 5.89. The Balaban J connectivity index is 1.61. The Morgan fingerprint density at radius 2 is 1.62 bits per heavy atom. The number of esters is 2. The number of methoxy groups -OCH3 is 2. The lowest BCUT2D eigenvalue weighted by atomic mass is 9.92. The average molecular weight is 675 g/mol. The molecule has 5 N–H and O–H groups in total. The van der Waals surface area contributed by atoms with E-state index in [4.69, 9.17) is 23.7 Å².